The Morgan fingerprint density at radius 1 is 0.852 bits per heavy atom. The number of rotatable bonds is 2. The van der Waals surface area contributed by atoms with Gasteiger partial charge < -0.3 is 0 Å². The molecule has 3 rings (SSSR count). The molecule has 3 heteroatoms. The molecule has 0 aliphatic heterocycles. The van der Waals surface area contributed by atoms with E-state index in [1.54, 1.807) is 62.4 Å². The molecule has 0 saturated heterocycles. The number of hydrogen-bond acceptors (Lipinski definition) is 2. The fourth-order valence-corrected chi connectivity index (χ4v) is 2.01. The van der Waals surface area contributed by atoms with E-state index in [1.165, 1.54) is 19.3 Å². The van der Waals surface area contributed by atoms with Crippen molar-refractivity contribution >= 4 is 11.6 Å². The maximum Gasteiger partial charge on any atom is 0.135 e. The molecule has 2 nitrogen and oxygen atoms in total. The first-order valence-electron chi connectivity index (χ1n) is 8.70. The molecule has 1 aliphatic carbocycles. The smallest absolute Gasteiger partial charge is 0.135 e. The van der Waals surface area contributed by atoms with E-state index in [0.717, 1.165) is 11.1 Å². The minimum atomic E-state index is 0. The summed E-state index contributed by atoms with van der Waals surface area (Å²) >= 11 is 0. The van der Waals surface area contributed by atoms with E-state index in [0.29, 0.717) is 0 Å². The molecule has 0 amide bonds. The average Bonchev–Trinajstić information content (AvgIpc) is 2.64. The summed E-state index contributed by atoms with van der Waals surface area (Å²) in [5.74, 6) is 0.202. The van der Waals surface area contributed by atoms with E-state index in [2.05, 4.69) is 42.9 Å². The topological polar surface area (TPSA) is 34.1 Å². The van der Waals surface area contributed by atoms with Gasteiger partial charge in [0.1, 0.15) is 11.6 Å². The molecular weight excluding hydrogens is 515 g/mol. The van der Waals surface area contributed by atoms with Crippen molar-refractivity contribution in [2.24, 2.45) is 0 Å². The first kappa shape index (κ1) is 24.8. The van der Waals surface area contributed by atoms with E-state index >= 15 is 0 Å². The van der Waals surface area contributed by atoms with Crippen LogP contribution in [0.1, 0.15) is 53.8 Å². The van der Waals surface area contributed by atoms with Crippen molar-refractivity contribution in [3.8, 4) is 0 Å². The summed E-state index contributed by atoms with van der Waals surface area (Å²) < 4.78 is 0. The Morgan fingerprint density at radius 2 is 1.33 bits per heavy atom. The van der Waals surface area contributed by atoms with E-state index in [9.17, 15) is 9.59 Å². The summed E-state index contributed by atoms with van der Waals surface area (Å²) in [6, 6.07) is 19.6. The number of hydrogen-bond donors (Lipinski definition) is 0. The van der Waals surface area contributed by atoms with Crippen LogP contribution in [0.2, 0.25) is 0 Å². The van der Waals surface area contributed by atoms with Crippen molar-refractivity contribution in [3.63, 3.8) is 0 Å². The summed E-state index contributed by atoms with van der Waals surface area (Å²) in [5.41, 5.74) is 1.49. The van der Waals surface area contributed by atoms with E-state index in [1.807, 2.05) is 0 Å². The SMILES string of the molecule is C1=C[CH-]CCCC=C1.CC(=O)c1cc[c-]cc1.CC(=O)c1cc[c-]cc1.[Pt]. The summed E-state index contributed by atoms with van der Waals surface area (Å²) in [6.45, 7) is 3.10. The van der Waals surface area contributed by atoms with Gasteiger partial charge in [0.2, 0.25) is 0 Å². The third-order valence-electron chi connectivity index (χ3n) is 3.49. The number of benzene rings is 2. The molecule has 146 valence electrons. The van der Waals surface area contributed by atoms with Crippen molar-refractivity contribution in [2.75, 3.05) is 0 Å². The van der Waals surface area contributed by atoms with Crippen molar-refractivity contribution in [1.82, 2.24) is 0 Å². The van der Waals surface area contributed by atoms with Crippen molar-refractivity contribution in [2.45, 2.75) is 33.1 Å². The molecule has 0 bridgehead atoms. The zero-order chi connectivity index (χ0) is 19.0. The first-order valence-corrected chi connectivity index (χ1v) is 8.70. The quantitative estimate of drug-likeness (QED) is 0.353. The Hall–Kier alpha value is -2.18. The second-order valence-electron chi connectivity index (χ2n) is 5.67. The second-order valence-corrected chi connectivity index (χ2v) is 5.67. The molecule has 1 aliphatic rings. The standard InChI is InChI=1S/2C8H7O.C8H11.Pt/c2*1-7(9)8-5-3-2-4-6-8;1-2-4-6-8-7-5-3-1;/h2*3-6H,1H3;1-5H,6-8H2;/q3*-1;. The third-order valence-corrected chi connectivity index (χ3v) is 3.49. The van der Waals surface area contributed by atoms with Crippen LogP contribution in [-0.2, 0) is 21.1 Å². The third kappa shape index (κ3) is 12.8. The molecular formula is C24H25O2Pt-3. The van der Waals surface area contributed by atoms with Gasteiger partial charge in [0, 0.05) is 21.1 Å². The van der Waals surface area contributed by atoms with Gasteiger partial charge in [-0.15, -0.1) is 18.6 Å². The molecule has 0 saturated carbocycles. The van der Waals surface area contributed by atoms with Gasteiger partial charge in [0.05, 0.1) is 0 Å². The Labute approximate surface area is 177 Å². The Bertz CT molecular complexity index is 640. The van der Waals surface area contributed by atoms with E-state index in [4.69, 9.17) is 0 Å². The van der Waals surface area contributed by atoms with Gasteiger partial charge in [0.25, 0.3) is 0 Å². The van der Waals surface area contributed by atoms with Gasteiger partial charge >= 0.3 is 0 Å². The number of Topliss-reactive ketones (excluding diaryl/α,β-unsaturated/α-hetero) is 2. The van der Waals surface area contributed by atoms with Gasteiger partial charge in [-0.05, 0) is 20.3 Å². The Morgan fingerprint density at radius 3 is 1.74 bits per heavy atom. The van der Waals surface area contributed by atoms with Crippen LogP contribution in [-0.4, -0.2) is 11.6 Å². The molecule has 0 heterocycles. The summed E-state index contributed by atoms with van der Waals surface area (Å²) in [4.78, 5) is 21.3. The van der Waals surface area contributed by atoms with Crippen LogP contribution in [0.5, 0.6) is 0 Å². The van der Waals surface area contributed by atoms with Crippen LogP contribution < -0.4 is 0 Å². The zero-order valence-corrected chi connectivity index (χ0v) is 18.0. The van der Waals surface area contributed by atoms with Crippen LogP contribution in [0, 0.1) is 18.6 Å². The summed E-state index contributed by atoms with van der Waals surface area (Å²) in [7, 11) is 0. The average molecular weight is 541 g/mol. The molecule has 27 heavy (non-hydrogen) atoms. The molecule has 0 unspecified atom stereocenters. The molecule has 2 aromatic rings. The van der Waals surface area contributed by atoms with Gasteiger partial charge in [0.15, 0.2) is 0 Å². The monoisotopic (exact) mass is 540 g/mol. The van der Waals surface area contributed by atoms with Crippen LogP contribution in [0.3, 0.4) is 0 Å². The number of carbonyl (C=O) groups excluding carboxylic acids is 2. The van der Waals surface area contributed by atoms with Gasteiger partial charge in [-0.1, -0.05) is 17.5 Å². The molecule has 2 aromatic carbocycles. The van der Waals surface area contributed by atoms with Crippen LogP contribution in [0.15, 0.2) is 72.8 Å². The Kier molecular flexibility index (Phi) is 14.7. The zero-order valence-electron chi connectivity index (χ0n) is 15.8. The molecule has 0 fully saturated rings. The fraction of sp³-hybridized carbons (Fsp3) is 0.208. The molecule has 0 radical (unpaired) electrons. The molecule has 0 N–H and O–H groups in total. The van der Waals surface area contributed by atoms with E-state index < -0.39 is 0 Å². The molecule has 0 spiro atoms. The van der Waals surface area contributed by atoms with Gasteiger partial charge in [-0.2, -0.15) is 60.7 Å². The van der Waals surface area contributed by atoms with Crippen molar-refractivity contribution in [3.05, 3.63) is 103 Å². The first-order chi connectivity index (χ1) is 12.6. The van der Waals surface area contributed by atoms with Crippen LogP contribution in [0.25, 0.3) is 0 Å². The largest absolute Gasteiger partial charge is 0.297 e. The number of ketones is 2. The second kappa shape index (κ2) is 16.0. The maximum absolute atomic E-state index is 10.6. The normalized spacial score (nSPS) is 11.6. The minimum absolute atomic E-state index is 0. The summed E-state index contributed by atoms with van der Waals surface area (Å²) in [6.07, 6.45) is 14.5. The predicted molar refractivity (Wildman–Crippen MR) is 107 cm³/mol. The maximum atomic E-state index is 10.6. The number of allylic oxidation sites excluding steroid dienone is 4. The predicted octanol–water partition coefficient (Wildman–Crippen LogP) is 5.86. The van der Waals surface area contributed by atoms with Gasteiger partial charge in [-0.3, -0.25) is 9.59 Å². The van der Waals surface area contributed by atoms with E-state index in [-0.39, 0.29) is 32.6 Å². The van der Waals surface area contributed by atoms with Gasteiger partial charge in [-0.25, -0.2) is 18.6 Å². The molecule has 0 atom stereocenters. The minimum Gasteiger partial charge on any atom is -0.297 e. The molecule has 0 aromatic heterocycles. The van der Waals surface area contributed by atoms with Crippen molar-refractivity contribution in [1.29, 1.82) is 0 Å². The summed E-state index contributed by atoms with van der Waals surface area (Å²) in [5, 5.41) is 0. The fourth-order valence-electron chi connectivity index (χ4n) is 2.01. The number of carbonyl (C=O) groups is 2. The van der Waals surface area contributed by atoms with Crippen LogP contribution >= 0.6 is 0 Å². The van der Waals surface area contributed by atoms with Crippen LogP contribution in [0.4, 0.5) is 0 Å². The van der Waals surface area contributed by atoms with Crippen molar-refractivity contribution < 1.29 is 30.7 Å². The Balaban J connectivity index is 0.000000369.